The molecule has 0 atom stereocenters. The van der Waals surface area contributed by atoms with E-state index < -0.39 is 0 Å². The summed E-state index contributed by atoms with van der Waals surface area (Å²) in [5.41, 5.74) is 2.19. The minimum atomic E-state index is 0.528. The SMILES string of the molecule is c1ccc(COc2noc3c2CNCC3)cc1. The van der Waals surface area contributed by atoms with Crippen LogP contribution in [0.1, 0.15) is 16.9 Å². The quantitative estimate of drug-likeness (QED) is 0.874. The van der Waals surface area contributed by atoms with Crippen molar-refractivity contribution in [3.63, 3.8) is 0 Å². The van der Waals surface area contributed by atoms with E-state index in [1.54, 1.807) is 0 Å². The summed E-state index contributed by atoms with van der Waals surface area (Å²) in [5.74, 6) is 1.57. The monoisotopic (exact) mass is 230 g/mol. The first-order valence-corrected chi connectivity index (χ1v) is 5.78. The molecule has 0 unspecified atom stereocenters. The summed E-state index contributed by atoms with van der Waals surface area (Å²) >= 11 is 0. The first kappa shape index (κ1) is 10.4. The van der Waals surface area contributed by atoms with E-state index in [9.17, 15) is 0 Å². The van der Waals surface area contributed by atoms with E-state index in [2.05, 4.69) is 10.5 Å². The lowest BCUT2D eigenvalue weighted by molar-refractivity contribution is 0.265. The topological polar surface area (TPSA) is 47.3 Å². The highest BCUT2D eigenvalue weighted by atomic mass is 16.5. The minimum Gasteiger partial charge on any atom is -0.470 e. The van der Waals surface area contributed by atoms with Crippen LogP contribution >= 0.6 is 0 Å². The molecule has 0 amide bonds. The maximum absolute atomic E-state index is 5.69. The largest absolute Gasteiger partial charge is 0.470 e. The zero-order valence-corrected chi connectivity index (χ0v) is 9.48. The summed E-state index contributed by atoms with van der Waals surface area (Å²) in [4.78, 5) is 0. The molecule has 88 valence electrons. The fourth-order valence-electron chi connectivity index (χ4n) is 1.95. The van der Waals surface area contributed by atoms with Crippen LogP contribution in [0.5, 0.6) is 5.88 Å². The van der Waals surface area contributed by atoms with Gasteiger partial charge in [0.1, 0.15) is 12.4 Å². The van der Waals surface area contributed by atoms with Crippen molar-refractivity contribution in [3.8, 4) is 5.88 Å². The van der Waals surface area contributed by atoms with E-state index >= 15 is 0 Å². The van der Waals surface area contributed by atoms with Crippen LogP contribution in [0.4, 0.5) is 0 Å². The van der Waals surface area contributed by atoms with Crippen LogP contribution in [0.25, 0.3) is 0 Å². The maximum atomic E-state index is 5.69. The lowest BCUT2D eigenvalue weighted by Crippen LogP contribution is -2.22. The summed E-state index contributed by atoms with van der Waals surface area (Å²) in [5, 5.41) is 7.26. The van der Waals surface area contributed by atoms with E-state index in [1.165, 1.54) is 0 Å². The molecule has 1 aromatic carbocycles. The third-order valence-electron chi connectivity index (χ3n) is 2.88. The predicted molar refractivity (Wildman–Crippen MR) is 62.7 cm³/mol. The lowest BCUT2D eigenvalue weighted by Gasteiger charge is -2.11. The Morgan fingerprint density at radius 2 is 2.18 bits per heavy atom. The molecule has 2 aromatic rings. The third kappa shape index (κ3) is 2.17. The number of fused-ring (bicyclic) bond motifs is 1. The molecule has 4 heteroatoms. The molecular formula is C13H14N2O2. The molecule has 0 aliphatic carbocycles. The van der Waals surface area contributed by atoms with Crippen LogP contribution in [0.3, 0.4) is 0 Å². The summed E-state index contributed by atoms with van der Waals surface area (Å²) in [6.45, 7) is 2.25. The molecule has 2 heterocycles. The number of ether oxygens (including phenoxy) is 1. The van der Waals surface area contributed by atoms with Crippen molar-refractivity contribution in [1.29, 1.82) is 0 Å². The molecule has 0 fully saturated rings. The second kappa shape index (κ2) is 4.59. The van der Waals surface area contributed by atoms with Crippen LogP contribution in [0.2, 0.25) is 0 Å². The standard InChI is InChI=1S/C13H14N2O2/c1-2-4-10(5-3-1)9-16-13-11-8-14-7-6-12(11)17-15-13/h1-5,14H,6-9H2. The first-order valence-electron chi connectivity index (χ1n) is 5.78. The van der Waals surface area contributed by atoms with Crippen LogP contribution in [-0.2, 0) is 19.6 Å². The average molecular weight is 230 g/mol. The zero-order chi connectivity index (χ0) is 11.5. The van der Waals surface area contributed by atoms with Gasteiger partial charge in [-0.2, -0.15) is 0 Å². The molecule has 0 radical (unpaired) electrons. The van der Waals surface area contributed by atoms with E-state index in [1.807, 2.05) is 30.3 Å². The molecule has 4 nitrogen and oxygen atoms in total. The summed E-state index contributed by atoms with van der Waals surface area (Å²) in [6, 6.07) is 10.1. The highest BCUT2D eigenvalue weighted by Gasteiger charge is 2.20. The number of rotatable bonds is 3. The van der Waals surface area contributed by atoms with Gasteiger partial charge in [0.25, 0.3) is 5.88 Å². The molecule has 1 aliphatic heterocycles. The summed E-state index contributed by atoms with van der Waals surface area (Å²) < 4.78 is 10.9. The number of hydrogen-bond acceptors (Lipinski definition) is 4. The van der Waals surface area contributed by atoms with Crippen LogP contribution in [0, 0.1) is 0 Å². The average Bonchev–Trinajstić information content (AvgIpc) is 2.81. The maximum Gasteiger partial charge on any atom is 0.259 e. The number of benzene rings is 1. The van der Waals surface area contributed by atoms with Crippen molar-refractivity contribution in [2.24, 2.45) is 0 Å². The molecular weight excluding hydrogens is 216 g/mol. The molecule has 0 saturated heterocycles. The zero-order valence-electron chi connectivity index (χ0n) is 9.48. The molecule has 17 heavy (non-hydrogen) atoms. The van der Waals surface area contributed by atoms with Gasteiger partial charge in [0, 0.05) is 19.5 Å². The Labute approximate surface area is 99.6 Å². The van der Waals surface area contributed by atoms with Crippen molar-refractivity contribution < 1.29 is 9.26 Å². The minimum absolute atomic E-state index is 0.528. The highest BCUT2D eigenvalue weighted by molar-refractivity contribution is 5.30. The van der Waals surface area contributed by atoms with Crippen molar-refractivity contribution in [1.82, 2.24) is 10.5 Å². The second-order valence-electron chi connectivity index (χ2n) is 4.09. The van der Waals surface area contributed by atoms with Crippen LogP contribution in [-0.4, -0.2) is 11.7 Å². The molecule has 0 spiro atoms. The fourth-order valence-corrected chi connectivity index (χ4v) is 1.95. The first-order chi connectivity index (χ1) is 8.43. The van der Waals surface area contributed by atoms with Crippen molar-refractivity contribution in [2.75, 3.05) is 6.54 Å². The molecule has 3 rings (SSSR count). The number of nitrogens with one attached hydrogen (secondary N) is 1. The van der Waals surface area contributed by atoms with Gasteiger partial charge >= 0.3 is 0 Å². The van der Waals surface area contributed by atoms with Gasteiger partial charge in [-0.05, 0) is 10.7 Å². The Bertz CT molecular complexity index is 493. The second-order valence-corrected chi connectivity index (χ2v) is 4.09. The molecule has 1 aliphatic rings. The van der Waals surface area contributed by atoms with Crippen molar-refractivity contribution in [2.45, 2.75) is 19.6 Å². The Morgan fingerprint density at radius 3 is 3.06 bits per heavy atom. The molecule has 0 saturated carbocycles. The van der Waals surface area contributed by atoms with E-state index in [0.29, 0.717) is 12.5 Å². The number of hydrogen-bond donors (Lipinski definition) is 1. The number of aromatic nitrogens is 1. The van der Waals surface area contributed by atoms with Gasteiger partial charge in [0.05, 0.1) is 5.56 Å². The van der Waals surface area contributed by atoms with Gasteiger partial charge in [-0.15, -0.1) is 0 Å². The third-order valence-corrected chi connectivity index (χ3v) is 2.88. The van der Waals surface area contributed by atoms with E-state index in [0.717, 1.165) is 36.4 Å². The van der Waals surface area contributed by atoms with E-state index in [4.69, 9.17) is 9.26 Å². The van der Waals surface area contributed by atoms with Crippen molar-refractivity contribution in [3.05, 3.63) is 47.2 Å². The Kier molecular flexibility index (Phi) is 2.80. The molecule has 1 aromatic heterocycles. The van der Waals surface area contributed by atoms with Crippen LogP contribution < -0.4 is 10.1 Å². The van der Waals surface area contributed by atoms with Gasteiger partial charge < -0.3 is 14.6 Å². The molecule has 1 N–H and O–H groups in total. The predicted octanol–water partition coefficient (Wildman–Crippen LogP) is 1.90. The van der Waals surface area contributed by atoms with E-state index in [-0.39, 0.29) is 0 Å². The Hall–Kier alpha value is -1.81. The van der Waals surface area contributed by atoms with Crippen LogP contribution in [0.15, 0.2) is 34.9 Å². The smallest absolute Gasteiger partial charge is 0.259 e. The van der Waals surface area contributed by atoms with Gasteiger partial charge in [0.2, 0.25) is 0 Å². The normalized spacial score (nSPS) is 14.4. The fraction of sp³-hybridized carbons (Fsp3) is 0.308. The Balaban J connectivity index is 1.71. The molecule has 0 bridgehead atoms. The number of nitrogens with zero attached hydrogens (tertiary/aromatic N) is 1. The van der Waals surface area contributed by atoms with Gasteiger partial charge in [0.15, 0.2) is 0 Å². The summed E-state index contributed by atoms with van der Waals surface area (Å²) in [6.07, 6.45) is 0.886. The van der Waals surface area contributed by atoms with Gasteiger partial charge in [-0.25, -0.2) is 0 Å². The Morgan fingerprint density at radius 1 is 1.29 bits per heavy atom. The van der Waals surface area contributed by atoms with Gasteiger partial charge in [-0.1, -0.05) is 30.3 Å². The highest BCUT2D eigenvalue weighted by Crippen LogP contribution is 2.24. The summed E-state index contributed by atoms with van der Waals surface area (Å²) in [7, 11) is 0. The van der Waals surface area contributed by atoms with Gasteiger partial charge in [-0.3, -0.25) is 0 Å². The lowest BCUT2D eigenvalue weighted by atomic mass is 10.1. The van der Waals surface area contributed by atoms with Crippen molar-refractivity contribution >= 4 is 0 Å².